The smallest absolute Gasteiger partial charge is 0.255 e. The van der Waals surface area contributed by atoms with Gasteiger partial charge in [-0.05, 0) is 55.0 Å². The molecule has 4 rings (SSSR count). The molecule has 1 aliphatic rings. The normalized spacial score (nSPS) is 17.6. The zero-order valence-corrected chi connectivity index (χ0v) is 14.1. The number of likely N-dealkylation sites (tertiary alicyclic amines) is 1. The molecule has 1 aromatic carbocycles. The van der Waals surface area contributed by atoms with E-state index in [1.807, 2.05) is 29.3 Å². The van der Waals surface area contributed by atoms with Crippen molar-refractivity contribution in [2.75, 3.05) is 13.1 Å². The summed E-state index contributed by atoms with van der Waals surface area (Å²) in [5, 5.41) is 1.22. The number of nitrogens with zero attached hydrogens (tertiary/aromatic N) is 3. The van der Waals surface area contributed by atoms with Gasteiger partial charge in [0.25, 0.3) is 5.91 Å². The second-order valence-corrected chi connectivity index (χ2v) is 6.69. The first-order valence-corrected chi connectivity index (χ1v) is 8.83. The van der Waals surface area contributed by atoms with Crippen molar-refractivity contribution >= 4 is 16.8 Å². The molecule has 0 unspecified atom stereocenters. The average molecular weight is 331 g/mol. The van der Waals surface area contributed by atoms with Crippen molar-refractivity contribution in [1.82, 2.24) is 14.9 Å². The van der Waals surface area contributed by atoms with Crippen LogP contribution in [0.3, 0.4) is 0 Å². The standard InChI is InChI=1S/C21H21N3O/c25-21(18-7-2-10-22-14-18)24-12-4-5-16(15-24)13-17-6-1-9-20-19(17)8-3-11-23-20/h1-3,6-11,14,16H,4-5,12-13,15H2/t16-/m1/s1. The number of hydrogen-bond donors (Lipinski definition) is 0. The van der Waals surface area contributed by atoms with E-state index in [4.69, 9.17) is 0 Å². The third-order valence-corrected chi connectivity index (χ3v) is 4.96. The lowest BCUT2D eigenvalue weighted by Crippen LogP contribution is -2.40. The molecule has 4 heteroatoms. The van der Waals surface area contributed by atoms with E-state index >= 15 is 0 Å². The highest BCUT2D eigenvalue weighted by Crippen LogP contribution is 2.25. The minimum absolute atomic E-state index is 0.0948. The van der Waals surface area contributed by atoms with Crippen LogP contribution in [-0.4, -0.2) is 33.9 Å². The molecule has 1 atom stereocenters. The highest BCUT2D eigenvalue weighted by atomic mass is 16.2. The minimum Gasteiger partial charge on any atom is -0.338 e. The van der Waals surface area contributed by atoms with E-state index in [1.165, 1.54) is 10.9 Å². The summed E-state index contributed by atoms with van der Waals surface area (Å²) in [6.45, 7) is 1.64. The van der Waals surface area contributed by atoms with Crippen molar-refractivity contribution in [2.24, 2.45) is 5.92 Å². The van der Waals surface area contributed by atoms with Crippen LogP contribution in [0.5, 0.6) is 0 Å². The minimum atomic E-state index is 0.0948. The van der Waals surface area contributed by atoms with Gasteiger partial charge in [-0.1, -0.05) is 18.2 Å². The van der Waals surface area contributed by atoms with Gasteiger partial charge in [-0.2, -0.15) is 0 Å². The van der Waals surface area contributed by atoms with Gasteiger partial charge in [-0.25, -0.2) is 0 Å². The molecule has 2 aromatic heterocycles. The molecule has 0 spiro atoms. The second kappa shape index (κ2) is 7.01. The van der Waals surface area contributed by atoms with E-state index < -0.39 is 0 Å². The monoisotopic (exact) mass is 331 g/mol. The van der Waals surface area contributed by atoms with Crippen LogP contribution >= 0.6 is 0 Å². The first-order valence-electron chi connectivity index (χ1n) is 8.83. The third-order valence-electron chi connectivity index (χ3n) is 4.96. The molecule has 3 heterocycles. The summed E-state index contributed by atoms with van der Waals surface area (Å²) in [5.41, 5.74) is 3.04. The molecule has 1 fully saturated rings. The van der Waals surface area contributed by atoms with Gasteiger partial charge in [0, 0.05) is 37.1 Å². The quantitative estimate of drug-likeness (QED) is 0.735. The SMILES string of the molecule is O=C(c1cccnc1)N1CCC[C@H](Cc2cccc3ncccc23)C1. The molecule has 1 saturated heterocycles. The summed E-state index contributed by atoms with van der Waals surface area (Å²) in [6.07, 6.45) is 8.39. The van der Waals surface area contributed by atoms with Gasteiger partial charge in [0.1, 0.15) is 0 Å². The van der Waals surface area contributed by atoms with Crippen LogP contribution in [0, 0.1) is 5.92 Å². The van der Waals surface area contributed by atoms with Gasteiger partial charge in [0.15, 0.2) is 0 Å². The predicted molar refractivity (Wildman–Crippen MR) is 98.3 cm³/mol. The van der Waals surface area contributed by atoms with Gasteiger partial charge in [-0.3, -0.25) is 14.8 Å². The molecule has 0 N–H and O–H groups in total. The highest BCUT2D eigenvalue weighted by molar-refractivity contribution is 5.94. The number of amides is 1. The Labute approximate surface area is 147 Å². The van der Waals surface area contributed by atoms with Crippen molar-refractivity contribution in [1.29, 1.82) is 0 Å². The maximum atomic E-state index is 12.7. The summed E-state index contributed by atoms with van der Waals surface area (Å²) >= 11 is 0. The van der Waals surface area contributed by atoms with Crippen molar-refractivity contribution < 1.29 is 4.79 Å². The number of fused-ring (bicyclic) bond motifs is 1. The van der Waals surface area contributed by atoms with Crippen LogP contribution in [0.4, 0.5) is 0 Å². The van der Waals surface area contributed by atoms with Crippen molar-refractivity contribution in [3.05, 3.63) is 72.2 Å². The highest BCUT2D eigenvalue weighted by Gasteiger charge is 2.25. The van der Waals surface area contributed by atoms with Crippen LogP contribution in [0.25, 0.3) is 10.9 Å². The fourth-order valence-electron chi connectivity index (χ4n) is 3.74. The number of rotatable bonds is 3. The Balaban J connectivity index is 1.51. The maximum Gasteiger partial charge on any atom is 0.255 e. The van der Waals surface area contributed by atoms with Gasteiger partial charge >= 0.3 is 0 Å². The van der Waals surface area contributed by atoms with Crippen molar-refractivity contribution in [3.8, 4) is 0 Å². The molecule has 3 aromatic rings. The molecular formula is C21H21N3O. The number of hydrogen-bond acceptors (Lipinski definition) is 3. The second-order valence-electron chi connectivity index (χ2n) is 6.69. The van der Waals surface area contributed by atoms with E-state index in [0.29, 0.717) is 11.5 Å². The van der Waals surface area contributed by atoms with Gasteiger partial charge < -0.3 is 4.90 Å². The Morgan fingerprint density at radius 1 is 1.12 bits per heavy atom. The van der Waals surface area contributed by atoms with Gasteiger partial charge in [0.05, 0.1) is 11.1 Å². The fraction of sp³-hybridized carbons (Fsp3) is 0.286. The summed E-state index contributed by atoms with van der Waals surface area (Å²) < 4.78 is 0. The summed E-state index contributed by atoms with van der Waals surface area (Å²) in [7, 11) is 0. The topological polar surface area (TPSA) is 46.1 Å². The molecule has 1 amide bonds. The number of aromatic nitrogens is 2. The van der Waals surface area contributed by atoms with Crippen LogP contribution in [0.1, 0.15) is 28.8 Å². The zero-order chi connectivity index (χ0) is 17.1. The Morgan fingerprint density at radius 3 is 2.92 bits per heavy atom. The van der Waals surface area contributed by atoms with Crippen molar-refractivity contribution in [2.45, 2.75) is 19.3 Å². The lowest BCUT2D eigenvalue weighted by Gasteiger charge is -2.33. The van der Waals surface area contributed by atoms with Crippen LogP contribution < -0.4 is 0 Å². The number of piperidine rings is 1. The Hall–Kier alpha value is -2.75. The molecule has 0 aliphatic carbocycles. The number of carbonyl (C=O) groups excluding carboxylic acids is 1. The van der Waals surface area contributed by atoms with E-state index in [2.05, 4.69) is 34.2 Å². The zero-order valence-electron chi connectivity index (χ0n) is 14.1. The third kappa shape index (κ3) is 3.38. The Kier molecular flexibility index (Phi) is 4.42. The average Bonchev–Trinajstić information content (AvgIpc) is 2.69. The van der Waals surface area contributed by atoms with E-state index in [9.17, 15) is 4.79 Å². The molecular weight excluding hydrogens is 310 g/mol. The number of benzene rings is 1. The Bertz CT molecular complexity index is 873. The van der Waals surface area contributed by atoms with E-state index in [0.717, 1.165) is 37.9 Å². The first kappa shape index (κ1) is 15.8. The van der Waals surface area contributed by atoms with E-state index in [-0.39, 0.29) is 5.91 Å². The van der Waals surface area contributed by atoms with Gasteiger partial charge in [-0.15, -0.1) is 0 Å². The number of pyridine rings is 2. The lowest BCUT2D eigenvalue weighted by molar-refractivity contribution is 0.0673. The van der Waals surface area contributed by atoms with Crippen molar-refractivity contribution in [3.63, 3.8) is 0 Å². The summed E-state index contributed by atoms with van der Waals surface area (Å²) in [6, 6.07) is 14.1. The summed E-state index contributed by atoms with van der Waals surface area (Å²) in [5.74, 6) is 0.581. The maximum absolute atomic E-state index is 12.7. The molecule has 25 heavy (non-hydrogen) atoms. The molecule has 0 bridgehead atoms. The molecule has 1 aliphatic heterocycles. The first-order chi connectivity index (χ1) is 12.3. The van der Waals surface area contributed by atoms with Crippen LogP contribution in [0.15, 0.2) is 61.1 Å². The molecule has 0 radical (unpaired) electrons. The fourth-order valence-corrected chi connectivity index (χ4v) is 3.74. The van der Waals surface area contributed by atoms with Crippen LogP contribution in [0.2, 0.25) is 0 Å². The van der Waals surface area contributed by atoms with Gasteiger partial charge in [0.2, 0.25) is 0 Å². The molecule has 0 saturated carbocycles. The number of carbonyl (C=O) groups is 1. The van der Waals surface area contributed by atoms with Crippen LogP contribution in [-0.2, 0) is 6.42 Å². The Morgan fingerprint density at radius 2 is 2.04 bits per heavy atom. The van der Waals surface area contributed by atoms with E-state index in [1.54, 1.807) is 12.4 Å². The molecule has 126 valence electrons. The summed E-state index contributed by atoms with van der Waals surface area (Å²) in [4.78, 5) is 23.2. The predicted octanol–water partition coefficient (Wildman–Crippen LogP) is 3.72. The lowest BCUT2D eigenvalue weighted by atomic mass is 9.89. The largest absolute Gasteiger partial charge is 0.338 e. The molecule has 4 nitrogen and oxygen atoms in total.